The highest BCUT2D eigenvalue weighted by atomic mass is 32.2. The number of anilines is 1. The Kier molecular flexibility index (Phi) is 3.86. The fraction of sp³-hybridized carbons (Fsp3) is 0.188. The maximum absolute atomic E-state index is 12.2. The van der Waals surface area contributed by atoms with Crippen molar-refractivity contribution in [1.82, 2.24) is 0 Å². The van der Waals surface area contributed by atoms with Crippen molar-refractivity contribution in [2.24, 2.45) is 5.73 Å². The highest BCUT2D eigenvalue weighted by Gasteiger charge is 2.31. The SMILES string of the molecule is COc1ccc([C@@H]2Sc3ccccc3NC(=O)C2N)cc1. The molecule has 0 aliphatic carbocycles. The summed E-state index contributed by atoms with van der Waals surface area (Å²) >= 11 is 1.61. The van der Waals surface area contributed by atoms with Crippen LogP contribution in [0.5, 0.6) is 5.75 Å². The Balaban J connectivity index is 1.98. The molecule has 5 heteroatoms. The van der Waals surface area contributed by atoms with Gasteiger partial charge in [-0.2, -0.15) is 0 Å². The number of rotatable bonds is 2. The van der Waals surface area contributed by atoms with Crippen molar-refractivity contribution >= 4 is 23.4 Å². The monoisotopic (exact) mass is 300 g/mol. The first-order valence-corrected chi connectivity index (χ1v) is 7.53. The number of para-hydroxylation sites is 1. The summed E-state index contributed by atoms with van der Waals surface area (Å²) in [6, 6.07) is 14.8. The molecule has 1 aliphatic rings. The molecule has 2 aromatic rings. The Morgan fingerprint density at radius 1 is 1.14 bits per heavy atom. The van der Waals surface area contributed by atoms with E-state index in [1.807, 2.05) is 48.5 Å². The molecule has 0 saturated carbocycles. The minimum atomic E-state index is -0.601. The number of carbonyl (C=O) groups is 1. The summed E-state index contributed by atoms with van der Waals surface area (Å²) in [7, 11) is 1.63. The lowest BCUT2D eigenvalue weighted by Crippen LogP contribution is -2.38. The van der Waals surface area contributed by atoms with Crippen molar-refractivity contribution in [2.75, 3.05) is 12.4 Å². The van der Waals surface area contributed by atoms with E-state index in [0.717, 1.165) is 21.9 Å². The van der Waals surface area contributed by atoms with Crippen molar-refractivity contribution < 1.29 is 9.53 Å². The molecule has 3 rings (SSSR count). The van der Waals surface area contributed by atoms with E-state index in [1.54, 1.807) is 18.9 Å². The van der Waals surface area contributed by atoms with Crippen LogP contribution in [0, 0.1) is 0 Å². The minimum Gasteiger partial charge on any atom is -0.497 e. The zero-order chi connectivity index (χ0) is 14.8. The summed E-state index contributed by atoms with van der Waals surface area (Å²) in [5, 5.41) is 2.76. The highest BCUT2D eigenvalue weighted by Crippen LogP contribution is 2.43. The lowest BCUT2D eigenvalue weighted by atomic mass is 10.1. The number of amides is 1. The van der Waals surface area contributed by atoms with Crippen LogP contribution in [0.25, 0.3) is 0 Å². The van der Waals surface area contributed by atoms with E-state index >= 15 is 0 Å². The molecule has 2 aromatic carbocycles. The molecule has 4 nitrogen and oxygen atoms in total. The number of carbonyl (C=O) groups excluding carboxylic acids is 1. The predicted octanol–water partition coefficient (Wildman–Crippen LogP) is 2.81. The van der Waals surface area contributed by atoms with Gasteiger partial charge in [-0.05, 0) is 29.8 Å². The van der Waals surface area contributed by atoms with Gasteiger partial charge >= 0.3 is 0 Å². The molecule has 3 N–H and O–H groups in total. The largest absolute Gasteiger partial charge is 0.497 e. The standard InChI is InChI=1S/C16H16N2O2S/c1-20-11-8-6-10(7-9-11)15-14(17)16(19)18-12-4-2-3-5-13(12)21-15/h2-9,14-15H,17H2,1H3,(H,18,19)/t14?,15-/m0/s1. The molecule has 1 aliphatic heterocycles. The third-order valence-corrected chi connectivity index (χ3v) is 4.90. The van der Waals surface area contributed by atoms with Gasteiger partial charge in [0.1, 0.15) is 11.8 Å². The maximum atomic E-state index is 12.2. The Bertz CT molecular complexity index is 658. The number of methoxy groups -OCH3 is 1. The van der Waals surface area contributed by atoms with Gasteiger partial charge in [-0.3, -0.25) is 4.79 Å². The zero-order valence-corrected chi connectivity index (χ0v) is 12.4. The molecule has 2 atom stereocenters. The van der Waals surface area contributed by atoms with Gasteiger partial charge in [-0.1, -0.05) is 24.3 Å². The summed E-state index contributed by atoms with van der Waals surface area (Å²) in [6.45, 7) is 0. The number of nitrogens with two attached hydrogens (primary N) is 1. The van der Waals surface area contributed by atoms with Crippen molar-refractivity contribution in [3.63, 3.8) is 0 Å². The number of hydrogen-bond acceptors (Lipinski definition) is 4. The summed E-state index contributed by atoms with van der Waals surface area (Å²) in [5.74, 6) is 0.629. The minimum absolute atomic E-state index is 0.125. The second kappa shape index (κ2) is 5.79. The van der Waals surface area contributed by atoms with Crippen LogP contribution < -0.4 is 15.8 Å². The van der Waals surface area contributed by atoms with Crippen molar-refractivity contribution in [3.8, 4) is 5.75 Å². The van der Waals surface area contributed by atoms with Crippen LogP contribution in [0.4, 0.5) is 5.69 Å². The molecule has 21 heavy (non-hydrogen) atoms. The van der Waals surface area contributed by atoms with E-state index in [1.165, 1.54) is 0 Å². The molecular formula is C16H16N2O2S. The zero-order valence-electron chi connectivity index (χ0n) is 11.6. The van der Waals surface area contributed by atoms with Crippen LogP contribution >= 0.6 is 11.8 Å². The normalized spacial score (nSPS) is 21.1. The van der Waals surface area contributed by atoms with Gasteiger partial charge in [0.15, 0.2) is 0 Å². The van der Waals surface area contributed by atoms with Gasteiger partial charge in [0.2, 0.25) is 5.91 Å². The van der Waals surface area contributed by atoms with E-state index in [2.05, 4.69) is 5.32 Å². The average molecular weight is 300 g/mol. The van der Waals surface area contributed by atoms with Gasteiger partial charge in [-0.15, -0.1) is 11.8 Å². The summed E-state index contributed by atoms with van der Waals surface area (Å²) in [6.07, 6.45) is 0. The summed E-state index contributed by atoms with van der Waals surface area (Å²) in [4.78, 5) is 13.2. The topological polar surface area (TPSA) is 64.3 Å². The first-order chi connectivity index (χ1) is 10.2. The molecule has 0 spiro atoms. The maximum Gasteiger partial charge on any atom is 0.242 e. The first kappa shape index (κ1) is 14.0. The van der Waals surface area contributed by atoms with Gasteiger partial charge in [-0.25, -0.2) is 0 Å². The molecule has 1 amide bonds. The lowest BCUT2D eigenvalue weighted by Gasteiger charge is -2.20. The highest BCUT2D eigenvalue weighted by molar-refractivity contribution is 7.99. The smallest absolute Gasteiger partial charge is 0.242 e. The third-order valence-electron chi connectivity index (χ3n) is 3.47. The number of ether oxygens (including phenoxy) is 1. The average Bonchev–Trinajstić information content (AvgIpc) is 2.65. The number of hydrogen-bond donors (Lipinski definition) is 2. The molecule has 0 aromatic heterocycles. The third kappa shape index (κ3) is 2.75. The number of benzene rings is 2. The first-order valence-electron chi connectivity index (χ1n) is 6.65. The second-order valence-corrected chi connectivity index (χ2v) is 6.01. The van der Waals surface area contributed by atoms with Crippen LogP contribution in [-0.2, 0) is 4.79 Å². The number of fused-ring (bicyclic) bond motifs is 1. The van der Waals surface area contributed by atoms with Gasteiger partial charge in [0.25, 0.3) is 0 Å². The fourth-order valence-corrected chi connectivity index (χ4v) is 3.55. The van der Waals surface area contributed by atoms with Gasteiger partial charge in [0, 0.05) is 4.90 Å². The van der Waals surface area contributed by atoms with Crippen LogP contribution in [-0.4, -0.2) is 19.1 Å². The summed E-state index contributed by atoms with van der Waals surface area (Å²) in [5.41, 5.74) is 7.97. The molecule has 108 valence electrons. The number of thioether (sulfide) groups is 1. The quantitative estimate of drug-likeness (QED) is 0.895. The van der Waals surface area contributed by atoms with E-state index in [-0.39, 0.29) is 11.2 Å². The Hall–Kier alpha value is -1.98. The predicted molar refractivity (Wildman–Crippen MR) is 84.6 cm³/mol. The second-order valence-electron chi connectivity index (χ2n) is 4.82. The van der Waals surface area contributed by atoms with Crippen LogP contribution in [0.2, 0.25) is 0 Å². The molecule has 0 radical (unpaired) electrons. The van der Waals surface area contributed by atoms with E-state index in [4.69, 9.17) is 10.5 Å². The molecule has 1 unspecified atom stereocenters. The molecular weight excluding hydrogens is 284 g/mol. The fourth-order valence-electron chi connectivity index (χ4n) is 2.31. The molecule has 1 heterocycles. The van der Waals surface area contributed by atoms with E-state index in [9.17, 15) is 4.79 Å². The van der Waals surface area contributed by atoms with Crippen molar-refractivity contribution in [2.45, 2.75) is 16.2 Å². The van der Waals surface area contributed by atoms with E-state index < -0.39 is 6.04 Å². The van der Waals surface area contributed by atoms with Crippen molar-refractivity contribution in [1.29, 1.82) is 0 Å². The Morgan fingerprint density at radius 2 is 1.86 bits per heavy atom. The van der Waals surface area contributed by atoms with E-state index in [0.29, 0.717) is 0 Å². The Labute approximate surface area is 127 Å². The molecule has 0 saturated heterocycles. The van der Waals surface area contributed by atoms with Crippen LogP contribution in [0.3, 0.4) is 0 Å². The molecule has 0 fully saturated rings. The lowest BCUT2D eigenvalue weighted by molar-refractivity contribution is -0.117. The van der Waals surface area contributed by atoms with Gasteiger partial charge in [0.05, 0.1) is 18.0 Å². The number of nitrogens with one attached hydrogen (secondary N) is 1. The summed E-state index contributed by atoms with van der Waals surface area (Å²) < 4.78 is 5.17. The molecule has 0 bridgehead atoms. The van der Waals surface area contributed by atoms with Gasteiger partial charge < -0.3 is 15.8 Å². The van der Waals surface area contributed by atoms with Crippen LogP contribution in [0.1, 0.15) is 10.8 Å². The van der Waals surface area contributed by atoms with Crippen molar-refractivity contribution in [3.05, 3.63) is 54.1 Å². The Morgan fingerprint density at radius 3 is 2.57 bits per heavy atom. The van der Waals surface area contributed by atoms with Crippen LogP contribution in [0.15, 0.2) is 53.4 Å².